The number of carbonyl (C=O) groups is 1. The largest absolute Gasteiger partial charge is 0.328 e. The fourth-order valence-corrected chi connectivity index (χ4v) is 1.02. The predicted molar refractivity (Wildman–Crippen MR) is 47.3 cm³/mol. The molecule has 0 aliphatic heterocycles. The highest BCUT2D eigenvalue weighted by Crippen LogP contribution is 2.09. The van der Waals surface area contributed by atoms with Crippen LogP contribution in [0, 0.1) is 5.92 Å². The minimum Gasteiger partial charge on any atom is -0.328 e. The van der Waals surface area contributed by atoms with Crippen LogP contribution < -0.4 is 5.73 Å². The molecule has 2 heteroatoms. The van der Waals surface area contributed by atoms with Gasteiger partial charge < -0.3 is 5.73 Å². The van der Waals surface area contributed by atoms with Crippen LogP contribution in [0.15, 0.2) is 0 Å². The lowest BCUT2D eigenvalue weighted by molar-refractivity contribution is -0.122. The van der Waals surface area contributed by atoms with Crippen LogP contribution in [0.4, 0.5) is 0 Å². The van der Waals surface area contributed by atoms with Crippen LogP contribution in [0.25, 0.3) is 0 Å². The summed E-state index contributed by atoms with van der Waals surface area (Å²) in [5.74, 6) is 0.552. The maximum absolute atomic E-state index is 11.1. The Bertz CT molecular complexity index is 121. The summed E-state index contributed by atoms with van der Waals surface area (Å²) in [6.45, 7) is 5.86. The number of hydrogen-bond donors (Lipinski definition) is 1. The maximum atomic E-state index is 11.1. The maximum Gasteiger partial charge on any atom is 0.135 e. The van der Waals surface area contributed by atoms with Crippen molar-refractivity contribution in [3.8, 4) is 0 Å². The molecule has 0 aliphatic rings. The molecule has 0 aromatic heterocycles. The molecule has 0 saturated carbocycles. The lowest BCUT2D eigenvalue weighted by Crippen LogP contribution is -2.18. The van der Waals surface area contributed by atoms with Crippen LogP contribution in [0.1, 0.15) is 40.0 Å². The molecule has 0 aromatic rings. The molecule has 2 N–H and O–H groups in total. The molecule has 0 amide bonds. The second-order valence-electron chi connectivity index (χ2n) is 3.28. The quantitative estimate of drug-likeness (QED) is 0.660. The Kier molecular flexibility index (Phi) is 5.12. The zero-order valence-electron chi connectivity index (χ0n) is 7.76. The second-order valence-corrected chi connectivity index (χ2v) is 3.28. The number of rotatable bonds is 5. The fourth-order valence-electron chi connectivity index (χ4n) is 1.02. The van der Waals surface area contributed by atoms with Crippen molar-refractivity contribution >= 4 is 5.78 Å². The van der Waals surface area contributed by atoms with Gasteiger partial charge in [0.05, 0.1) is 0 Å². The van der Waals surface area contributed by atoms with E-state index in [-0.39, 0.29) is 12.0 Å². The number of Topliss-reactive ketones (excluding diaryl/α,β-unsaturated/α-hetero) is 1. The van der Waals surface area contributed by atoms with Gasteiger partial charge in [0.15, 0.2) is 0 Å². The van der Waals surface area contributed by atoms with Gasteiger partial charge in [0.25, 0.3) is 0 Å². The van der Waals surface area contributed by atoms with Crippen molar-refractivity contribution < 1.29 is 4.79 Å². The molecule has 0 spiro atoms. The number of hydrogen-bond acceptors (Lipinski definition) is 2. The summed E-state index contributed by atoms with van der Waals surface area (Å²) in [7, 11) is 0. The van der Waals surface area contributed by atoms with Gasteiger partial charge in [-0.1, -0.05) is 13.8 Å². The Hall–Kier alpha value is -0.370. The molecule has 0 fully saturated rings. The fraction of sp³-hybridized carbons (Fsp3) is 0.889. The molecule has 66 valence electrons. The standard InChI is InChI=1S/C9H19NO/c1-4-9(11)7(2)5-6-8(3)10/h7-8H,4-6,10H2,1-3H3. The van der Waals surface area contributed by atoms with E-state index in [1.807, 2.05) is 20.8 Å². The van der Waals surface area contributed by atoms with E-state index in [0.717, 1.165) is 12.8 Å². The van der Waals surface area contributed by atoms with Gasteiger partial charge in [-0.15, -0.1) is 0 Å². The summed E-state index contributed by atoms with van der Waals surface area (Å²) >= 11 is 0. The third kappa shape index (κ3) is 4.96. The Morgan fingerprint density at radius 1 is 1.36 bits per heavy atom. The molecular weight excluding hydrogens is 138 g/mol. The van der Waals surface area contributed by atoms with Crippen molar-refractivity contribution in [2.24, 2.45) is 11.7 Å². The predicted octanol–water partition coefficient (Wildman–Crippen LogP) is 1.73. The van der Waals surface area contributed by atoms with Crippen LogP contribution in [0.5, 0.6) is 0 Å². The van der Waals surface area contributed by atoms with Gasteiger partial charge in [-0.25, -0.2) is 0 Å². The monoisotopic (exact) mass is 157 g/mol. The van der Waals surface area contributed by atoms with Crippen LogP contribution in [0.2, 0.25) is 0 Å². The molecule has 0 heterocycles. The van der Waals surface area contributed by atoms with E-state index in [1.54, 1.807) is 0 Å². The molecule has 2 atom stereocenters. The van der Waals surface area contributed by atoms with Crippen molar-refractivity contribution in [3.05, 3.63) is 0 Å². The third-order valence-electron chi connectivity index (χ3n) is 1.95. The average Bonchev–Trinajstić information content (AvgIpc) is 1.98. The molecule has 0 radical (unpaired) electrons. The van der Waals surface area contributed by atoms with E-state index in [2.05, 4.69) is 0 Å². The van der Waals surface area contributed by atoms with Crippen molar-refractivity contribution in [2.45, 2.75) is 46.1 Å². The van der Waals surface area contributed by atoms with Gasteiger partial charge in [-0.05, 0) is 19.8 Å². The lowest BCUT2D eigenvalue weighted by atomic mass is 9.97. The minimum absolute atomic E-state index is 0.200. The highest BCUT2D eigenvalue weighted by Gasteiger charge is 2.10. The highest BCUT2D eigenvalue weighted by atomic mass is 16.1. The molecule has 0 aromatic carbocycles. The molecule has 0 saturated heterocycles. The number of carbonyl (C=O) groups excluding carboxylic acids is 1. The SMILES string of the molecule is CCC(=O)C(C)CCC(C)N. The first-order chi connectivity index (χ1) is 5.07. The van der Waals surface area contributed by atoms with Gasteiger partial charge in [-0.3, -0.25) is 4.79 Å². The smallest absolute Gasteiger partial charge is 0.135 e. The molecule has 2 nitrogen and oxygen atoms in total. The molecule has 0 aliphatic carbocycles. The summed E-state index contributed by atoms with van der Waals surface area (Å²) in [6, 6.07) is 0.224. The summed E-state index contributed by atoms with van der Waals surface area (Å²) in [6.07, 6.45) is 2.54. The normalized spacial score (nSPS) is 16.0. The molecular formula is C9H19NO. The van der Waals surface area contributed by atoms with Crippen LogP contribution >= 0.6 is 0 Å². The van der Waals surface area contributed by atoms with E-state index in [9.17, 15) is 4.79 Å². The summed E-state index contributed by atoms with van der Waals surface area (Å²) in [5.41, 5.74) is 5.57. The van der Waals surface area contributed by atoms with Gasteiger partial charge in [0.2, 0.25) is 0 Å². The summed E-state index contributed by atoms with van der Waals surface area (Å²) in [5, 5.41) is 0. The molecule has 0 bridgehead atoms. The van der Waals surface area contributed by atoms with Gasteiger partial charge in [-0.2, -0.15) is 0 Å². The van der Waals surface area contributed by atoms with Gasteiger partial charge in [0, 0.05) is 18.4 Å². The Morgan fingerprint density at radius 2 is 1.91 bits per heavy atom. The zero-order valence-corrected chi connectivity index (χ0v) is 7.76. The number of ketones is 1. The highest BCUT2D eigenvalue weighted by molar-refractivity contribution is 5.80. The van der Waals surface area contributed by atoms with Crippen molar-refractivity contribution in [2.75, 3.05) is 0 Å². The molecule has 2 unspecified atom stereocenters. The zero-order chi connectivity index (χ0) is 8.85. The van der Waals surface area contributed by atoms with Crippen LogP contribution in [-0.2, 0) is 4.79 Å². The summed E-state index contributed by atoms with van der Waals surface area (Å²) < 4.78 is 0. The number of nitrogens with two attached hydrogens (primary N) is 1. The second kappa shape index (κ2) is 5.30. The Balaban J connectivity index is 3.52. The van der Waals surface area contributed by atoms with E-state index in [1.165, 1.54) is 0 Å². The van der Waals surface area contributed by atoms with Gasteiger partial charge in [0.1, 0.15) is 5.78 Å². The topological polar surface area (TPSA) is 43.1 Å². The van der Waals surface area contributed by atoms with Crippen LogP contribution in [0.3, 0.4) is 0 Å². The lowest BCUT2D eigenvalue weighted by Gasteiger charge is -2.10. The minimum atomic E-state index is 0.200. The Morgan fingerprint density at radius 3 is 2.27 bits per heavy atom. The van der Waals surface area contributed by atoms with Crippen molar-refractivity contribution in [1.82, 2.24) is 0 Å². The van der Waals surface area contributed by atoms with Crippen molar-refractivity contribution in [3.63, 3.8) is 0 Å². The third-order valence-corrected chi connectivity index (χ3v) is 1.95. The Labute approximate surface area is 69.2 Å². The first-order valence-corrected chi connectivity index (χ1v) is 4.36. The van der Waals surface area contributed by atoms with E-state index in [4.69, 9.17) is 5.73 Å². The van der Waals surface area contributed by atoms with Crippen LogP contribution in [-0.4, -0.2) is 11.8 Å². The van der Waals surface area contributed by atoms with Crippen molar-refractivity contribution in [1.29, 1.82) is 0 Å². The van der Waals surface area contributed by atoms with E-state index < -0.39 is 0 Å². The first kappa shape index (κ1) is 10.6. The first-order valence-electron chi connectivity index (χ1n) is 4.36. The molecule has 0 rings (SSSR count). The van der Waals surface area contributed by atoms with E-state index >= 15 is 0 Å². The van der Waals surface area contributed by atoms with E-state index in [0.29, 0.717) is 12.2 Å². The molecule has 11 heavy (non-hydrogen) atoms. The summed E-state index contributed by atoms with van der Waals surface area (Å²) in [4.78, 5) is 11.1. The average molecular weight is 157 g/mol. The van der Waals surface area contributed by atoms with Gasteiger partial charge >= 0.3 is 0 Å².